The first-order chi connectivity index (χ1) is 7.49. The van der Waals surface area contributed by atoms with Crippen molar-refractivity contribution in [3.63, 3.8) is 0 Å². The van der Waals surface area contributed by atoms with Crippen molar-refractivity contribution in [3.8, 4) is 0 Å². The summed E-state index contributed by atoms with van der Waals surface area (Å²) in [5, 5.41) is 14.8. The lowest BCUT2D eigenvalue weighted by Gasteiger charge is -2.09. The van der Waals surface area contributed by atoms with Gasteiger partial charge in [0.1, 0.15) is 6.04 Å². The number of aromatic amines is 1. The third-order valence-electron chi connectivity index (χ3n) is 1.73. The number of aliphatic carboxylic acids is 1. The van der Waals surface area contributed by atoms with E-state index in [1.165, 1.54) is 6.92 Å². The second-order valence-electron chi connectivity index (χ2n) is 3.06. The number of rotatable bonds is 4. The number of hydrogen-bond donors (Lipinski definition) is 4. The zero-order valence-electron chi connectivity index (χ0n) is 8.44. The Morgan fingerprint density at radius 1 is 1.62 bits per heavy atom. The molecule has 1 aromatic heterocycles. The summed E-state index contributed by atoms with van der Waals surface area (Å²) in [6, 6.07) is -1.55. The lowest BCUT2D eigenvalue weighted by Crippen LogP contribution is -2.44. The van der Waals surface area contributed by atoms with E-state index >= 15 is 0 Å². The Morgan fingerprint density at radius 2 is 2.31 bits per heavy atom. The molecule has 0 aliphatic heterocycles. The van der Waals surface area contributed by atoms with Crippen molar-refractivity contribution in [3.05, 3.63) is 20.7 Å². The number of thiazole rings is 1. The van der Waals surface area contributed by atoms with Gasteiger partial charge < -0.3 is 20.7 Å². The molecule has 0 bridgehead atoms. The number of hydrogen-bond acceptors (Lipinski definition) is 4. The predicted octanol–water partition coefficient (Wildman–Crippen LogP) is -0.291. The van der Waals surface area contributed by atoms with E-state index in [1.54, 1.807) is 5.38 Å². The van der Waals surface area contributed by atoms with Gasteiger partial charge in [-0.3, -0.25) is 9.59 Å². The van der Waals surface area contributed by atoms with Gasteiger partial charge in [-0.05, 0) is 6.92 Å². The normalized spacial score (nSPS) is 11.8. The minimum absolute atomic E-state index is 0.150. The Bertz CT molecular complexity index is 438. The van der Waals surface area contributed by atoms with E-state index in [0.717, 1.165) is 11.3 Å². The van der Waals surface area contributed by atoms with Crippen LogP contribution in [-0.2, 0) is 11.3 Å². The molecule has 0 saturated heterocycles. The molecule has 0 aliphatic carbocycles. The first kappa shape index (κ1) is 12.2. The molecule has 0 fully saturated rings. The summed E-state index contributed by atoms with van der Waals surface area (Å²) in [5.74, 6) is -1.11. The molecule has 4 N–H and O–H groups in total. The van der Waals surface area contributed by atoms with Crippen LogP contribution in [0.2, 0.25) is 0 Å². The van der Waals surface area contributed by atoms with Crippen molar-refractivity contribution in [1.82, 2.24) is 15.6 Å². The summed E-state index contributed by atoms with van der Waals surface area (Å²) in [4.78, 5) is 34.7. The fourth-order valence-electron chi connectivity index (χ4n) is 0.885. The number of carbonyl (C=O) groups excluding carboxylic acids is 1. The molecule has 2 amide bonds. The average molecular weight is 245 g/mol. The van der Waals surface area contributed by atoms with E-state index in [4.69, 9.17) is 5.11 Å². The van der Waals surface area contributed by atoms with Crippen molar-refractivity contribution < 1.29 is 14.7 Å². The third-order valence-corrected chi connectivity index (χ3v) is 2.45. The van der Waals surface area contributed by atoms with Gasteiger partial charge in [0.05, 0.1) is 6.54 Å². The van der Waals surface area contributed by atoms with Crippen LogP contribution in [0.3, 0.4) is 0 Å². The summed E-state index contributed by atoms with van der Waals surface area (Å²) in [7, 11) is 0. The van der Waals surface area contributed by atoms with Gasteiger partial charge in [-0.1, -0.05) is 11.3 Å². The van der Waals surface area contributed by atoms with Gasteiger partial charge in [0.15, 0.2) is 0 Å². The van der Waals surface area contributed by atoms with Crippen LogP contribution in [0.1, 0.15) is 12.6 Å². The largest absolute Gasteiger partial charge is 0.480 e. The van der Waals surface area contributed by atoms with Gasteiger partial charge in [0.2, 0.25) is 0 Å². The maximum Gasteiger partial charge on any atom is 0.325 e. The van der Waals surface area contributed by atoms with Gasteiger partial charge in [-0.2, -0.15) is 0 Å². The first-order valence-electron chi connectivity index (χ1n) is 4.43. The topological polar surface area (TPSA) is 111 Å². The third kappa shape index (κ3) is 3.73. The minimum Gasteiger partial charge on any atom is -0.480 e. The molecule has 16 heavy (non-hydrogen) atoms. The van der Waals surface area contributed by atoms with Gasteiger partial charge in [0, 0.05) is 11.1 Å². The standard InChI is InChI=1S/C8H11N3O4S/c1-4(6(12)13)10-7(14)9-2-5-3-16-8(15)11-5/h3-4H,2H2,1H3,(H,11,15)(H,12,13)(H2,9,10,14)/t4-/m1/s1. The summed E-state index contributed by atoms with van der Waals surface area (Å²) in [6.07, 6.45) is 0. The fraction of sp³-hybridized carbons (Fsp3) is 0.375. The van der Waals surface area contributed by atoms with Gasteiger partial charge >= 0.3 is 16.9 Å². The van der Waals surface area contributed by atoms with Gasteiger partial charge in [0.25, 0.3) is 0 Å². The van der Waals surface area contributed by atoms with Crippen molar-refractivity contribution >= 4 is 23.3 Å². The molecule has 0 unspecified atom stereocenters. The SMILES string of the molecule is C[C@@H](NC(=O)NCc1csc(=O)[nH]1)C(=O)O. The van der Waals surface area contributed by atoms with E-state index < -0.39 is 18.0 Å². The predicted molar refractivity (Wildman–Crippen MR) is 57.4 cm³/mol. The molecule has 1 aromatic rings. The quantitative estimate of drug-likeness (QED) is 0.584. The molecule has 8 heteroatoms. The van der Waals surface area contributed by atoms with Crippen molar-refractivity contribution in [2.24, 2.45) is 0 Å². The van der Waals surface area contributed by atoms with Gasteiger partial charge in [-0.15, -0.1) is 0 Å². The maximum absolute atomic E-state index is 11.2. The van der Waals surface area contributed by atoms with Crippen molar-refractivity contribution in [2.75, 3.05) is 0 Å². The zero-order valence-corrected chi connectivity index (χ0v) is 9.26. The van der Waals surface area contributed by atoms with Crippen LogP contribution in [0.5, 0.6) is 0 Å². The van der Waals surface area contributed by atoms with Crippen LogP contribution >= 0.6 is 11.3 Å². The van der Waals surface area contributed by atoms with E-state index in [-0.39, 0.29) is 11.4 Å². The lowest BCUT2D eigenvalue weighted by atomic mass is 10.3. The zero-order chi connectivity index (χ0) is 12.1. The molecule has 0 aliphatic rings. The summed E-state index contributed by atoms with van der Waals surface area (Å²) in [5.41, 5.74) is 0.577. The second-order valence-corrected chi connectivity index (χ2v) is 3.90. The Morgan fingerprint density at radius 3 is 2.81 bits per heavy atom. The molecule has 0 radical (unpaired) electrons. The maximum atomic E-state index is 11.2. The number of urea groups is 1. The van der Waals surface area contributed by atoms with Crippen molar-refractivity contribution in [2.45, 2.75) is 19.5 Å². The van der Waals surface area contributed by atoms with Crippen LogP contribution in [0.4, 0.5) is 4.79 Å². The fourth-order valence-corrected chi connectivity index (χ4v) is 1.47. The van der Waals surface area contributed by atoms with Crippen LogP contribution in [0.15, 0.2) is 10.2 Å². The number of amides is 2. The van der Waals surface area contributed by atoms with Crippen LogP contribution in [0, 0.1) is 0 Å². The number of aromatic nitrogens is 1. The van der Waals surface area contributed by atoms with Crippen LogP contribution < -0.4 is 15.5 Å². The van der Waals surface area contributed by atoms with Gasteiger partial charge in [-0.25, -0.2) is 4.79 Å². The molecule has 1 atom stereocenters. The molecule has 88 valence electrons. The molecular weight excluding hydrogens is 234 g/mol. The Balaban J connectivity index is 2.36. The molecule has 0 spiro atoms. The second kappa shape index (κ2) is 5.31. The minimum atomic E-state index is -1.11. The van der Waals surface area contributed by atoms with Crippen molar-refractivity contribution in [1.29, 1.82) is 0 Å². The number of H-pyrrole nitrogens is 1. The molecule has 1 heterocycles. The summed E-state index contributed by atoms with van der Waals surface area (Å²) in [6.45, 7) is 1.51. The molecule has 0 saturated carbocycles. The smallest absolute Gasteiger partial charge is 0.325 e. The Labute approximate surface area is 94.5 Å². The number of carbonyl (C=O) groups is 2. The van der Waals surface area contributed by atoms with E-state index in [1.807, 2.05) is 0 Å². The summed E-state index contributed by atoms with van der Waals surface area (Å²) >= 11 is 0.998. The van der Waals surface area contributed by atoms with E-state index in [9.17, 15) is 14.4 Å². The lowest BCUT2D eigenvalue weighted by molar-refractivity contribution is -0.138. The first-order valence-corrected chi connectivity index (χ1v) is 5.31. The highest BCUT2D eigenvalue weighted by Gasteiger charge is 2.13. The molecule has 1 rings (SSSR count). The van der Waals surface area contributed by atoms with Crippen LogP contribution in [-0.4, -0.2) is 28.1 Å². The van der Waals surface area contributed by atoms with Crippen LogP contribution in [0.25, 0.3) is 0 Å². The highest BCUT2D eigenvalue weighted by atomic mass is 32.1. The highest BCUT2D eigenvalue weighted by Crippen LogP contribution is 1.94. The number of carboxylic acids is 1. The monoisotopic (exact) mass is 245 g/mol. The molecular formula is C8H11N3O4S. The number of nitrogens with one attached hydrogen (secondary N) is 3. The highest BCUT2D eigenvalue weighted by molar-refractivity contribution is 7.07. The van der Waals surface area contributed by atoms with E-state index in [2.05, 4.69) is 15.6 Å². The Kier molecular flexibility index (Phi) is 4.06. The molecule has 0 aromatic carbocycles. The number of carboxylic acid groups (broad SMARTS) is 1. The average Bonchev–Trinajstić information content (AvgIpc) is 2.61. The Hall–Kier alpha value is -1.83. The molecule has 7 nitrogen and oxygen atoms in total. The summed E-state index contributed by atoms with van der Waals surface area (Å²) < 4.78 is 0. The van der Waals surface area contributed by atoms with E-state index in [0.29, 0.717) is 5.69 Å².